The molecular weight excluding hydrogens is 284 g/mol. The third-order valence-electron chi connectivity index (χ3n) is 2.82. The van der Waals surface area contributed by atoms with Gasteiger partial charge in [-0.15, -0.1) is 11.6 Å². The van der Waals surface area contributed by atoms with Crippen molar-refractivity contribution in [2.75, 3.05) is 12.4 Å². The minimum absolute atomic E-state index is 0.260. The predicted octanol–water partition coefficient (Wildman–Crippen LogP) is 2.45. The first kappa shape index (κ1) is 14.2. The van der Waals surface area contributed by atoms with E-state index in [9.17, 15) is 8.42 Å². The number of aromatic nitrogens is 1. The molecule has 0 bridgehead atoms. The Balaban J connectivity index is 2.48. The van der Waals surface area contributed by atoms with Gasteiger partial charge in [0.25, 0.3) is 0 Å². The number of nitrogens with zero attached hydrogens (tertiary/aromatic N) is 1. The third-order valence-corrected chi connectivity index (χ3v) is 4.61. The zero-order valence-corrected chi connectivity index (χ0v) is 12.1. The number of hydrogen-bond acceptors (Lipinski definition) is 3. The Kier molecular flexibility index (Phi) is 4.39. The number of hydrogen-bond donors (Lipinski definition) is 1. The fraction of sp³-hybridized carbons (Fsp3) is 0.308. The molecule has 1 aromatic heterocycles. The lowest BCUT2D eigenvalue weighted by Crippen LogP contribution is -2.25. The van der Waals surface area contributed by atoms with Gasteiger partial charge in [0.05, 0.1) is 10.4 Å². The number of halogens is 1. The topological polar surface area (TPSA) is 59.1 Å². The summed E-state index contributed by atoms with van der Waals surface area (Å²) in [4.78, 5) is 4.50. The van der Waals surface area contributed by atoms with Crippen molar-refractivity contribution in [1.29, 1.82) is 0 Å². The fourth-order valence-corrected chi connectivity index (χ4v) is 3.28. The van der Waals surface area contributed by atoms with Crippen LogP contribution in [0, 0.1) is 6.92 Å². The largest absolute Gasteiger partial charge is 0.256 e. The molecule has 4 nitrogen and oxygen atoms in total. The van der Waals surface area contributed by atoms with E-state index in [1.807, 2.05) is 6.92 Å². The zero-order chi connectivity index (χ0) is 13.9. The normalized spacial score (nSPS) is 11.9. The number of aryl methyl sites for hydroxylation is 1. The number of fused-ring (bicyclic) bond motifs is 1. The van der Waals surface area contributed by atoms with Crippen LogP contribution in [0.1, 0.15) is 12.0 Å². The summed E-state index contributed by atoms with van der Waals surface area (Å²) in [6.45, 7) is 2.24. The Morgan fingerprint density at radius 1 is 1.32 bits per heavy atom. The fourth-order valence-electron chi connectivity index (χ4n) is 1.87. The summed E-state index contributed by atoms with van der Waals surface area (Å²) >= 11 is 5.55. The van der Waals surface area contributed by atoms with Crippen LogP contribution in [0.15, 0.2) is 35.4 Å². The Morgan fingerprint density at radius 2 is 2.11 bits per heavy atom. The maximum atomic E-state index is 12.3. The van der Waals surface area contributed by atoms with Gasteiger partial charge in [-0.1, -0.05) is 6.07 Å². The Bertz CT molecular complexity index is 686. The molecule has 0 saturated heterocycles. The molecule has 0 aliphatic heterocycles. The van der Waals surface area contributed by atoms with Crippen LogP contribution in [0.3, 0.4) is 0 Å². The summed E-state index contributed by atoms with van der Waals surface area (Å²) in [6.07, 6.45) is 2.26. The van der Waals surface area contributed by atoms with Gasteiger partial charge < -0.3 is 0 Å². The molecule has 1 N–H and O–H groups in total. The molecule has 2 aromatic rings. The monoisotopic (exact) mass is 298 g/mol. The number of nitrogens with one attached hydrogen (secondary N) is 1. The number of pyridine rings is 1. The highest BCUT2D eigenvalue weighted by atomic mass is 35.5. The van der Waals surface area contributed by atoms with E-state index in [1.165, 1.54) is 0 Å². The summed E-state index contributed by atoms with van der Waals surface area (Å²) in [5.41, 5.74) is 1.66. The first-order valence-electron chi connectivity index (χ1n) is 5.96. The van der Waals surface area contributed by atoms with Crippen molar-refractivity contribution in [3.05, 3.63) is 36.0 Å². The molecule has 0 spiro atoms. The number of alkyl halides is 1. The zero-order valence-electron chi connectivity index (χ0n) is 10.6. The molecule has 1 aromatic carbocycles. The maximum Gasteiger partial charge on any atom is 0.241 e. The van der Waals surface area contributed by atoms with E-state index in [0.717, 1.165) is 5.56 Å². The second-order valence-electron chi connectivity index (χ2n) is 4.22. The van der Waals surface area contributed by atoms with Gasteiger partial charge in [0.15, 0.2) is 0 Å². The molecule has 102 valence electrons. The summed E-state index contributed by atoms with van der Waals surface area (Å²) in [5.74, 6) is 0.429. The summed E-state index contributed by atoms with van der Waals surface area (Å²) in [7, 11) is -3.52. The first-order valence-corrected chi connectivity index (χ1v) is 7.98. The van der Waals surface area contributed by atoms with E-state index in [-0.39, 0.29) is 4.90 Å². The molecule has 0 saturated carbocycles. The molecule has 0 atom stereocenters. The van der Waals surface area contributed by atoms with E-state index in [0.29, 0.717) is 29.7 Å². The van der Waals surface area contributed by atoms with E-state index in [2.05, 4.69) is 9.71 Å². The molecule has 2 rings (SSSR count). The van der Waals surface area contributed by atoms with Crippen molar-refractivity contribution in [2.45, 2.75) is 18.2 Å². The molecule has 0 radical (unpaired) electrons. The van der Waals surface area contributed by atoms with Crippen molar-refractivity contribution in [3.8, 4) is 0 Å². The average molecular weight is 299 g/mol. The van der Waals surface area contributed by atoms with Gasteiger partial charge in [-0.25, -0.2) is 13.1 Å². The number of sulfonamides is 1. The minimum Gasteiger partial charge on any atom is -0.256 e. The lowest BCUT2D eigenvalue weighted by Gasteiger charge is -2.10. The maximum absolute atomic E-state index is 12.3. The van der Waals surface area contributed by atoms with Crippen molar-refractivity contribution in [1.82, 2.24) is 9.71 Å². The predicted molar refractivity (Wildman–Crippen MR) is 77.0 cm³/mol. The SMILES string of the molecule is Cc1ccc(S(=O)(=O)NCCCCl)c2cccnc12. The molecule has 0 fully saturated rings. The van der Waals surface area contributed by atoms with Crippen LogP contribution in [-0.2, 0) is 10.0 Å². The standard InChI is InChI=1S/C13H15ClN2O2S/c1-10-5-6-12(11-4-2-8-15-13(10)11)19(17,18)16-9-3-7-14/h2,4-6,8,16H,3,7,9H2,1H3. The molecule has 0 aliphatic carbocycles. The van der Waals surface area contributed by atoms with Crippen molar-refractivity contribution < 1.29 is 8.42 Å². The summed E-state index contributed by atoms with van der Waals surface area (Å²) in [6, 6.07) is 6.89. The average Bonchev–Trinajstić information content (AvgIpc) is 2.39. The van der Waals surface area contributed by atoms with Gasteiger partial charge in [0, 0.05) is 24.0 Å². The number of rotatable bonds is 5. The second kappa shape index (κ2) is 5.86. The smallest absolute Gasteiger partial charge is 0.241 e. The molecule has 0 amide bonds. The van der Waals surface area contributed by atoms with Crippen molar-refractivity contribution in [2.24, 2.45) is 0 Å². The van der Waals surface area contributed by atoms with Crippen LogP contribution in [0.2, 0.25) is 0 Å². The van der Waals surface area contributed by atoms with Gasteiger partial charge in [-0.2, -0.15) is 0 Å². The summed E-state index contributed by atoms with van der Waals surface area (Å²) < 4.78 is 27.0. The van der Waals surface area contributed by atoms with E-state index in [1.54, 1.807) is 30.5 Å². The molecular formula is C13H15ClN2O2S. The minimum atomic E-state index is -3.52. The van der Waals surface area contributed by atoms with Crippen molar-refractivity contribution in [3.63, 3.8) is 0 Å². The molecule has 0 unspecified atom stereocenters. The van der Waals surface area contributed by atoms with Crippen LogP contribution in [0.4, 0.5) is 0 Å². The van der Waals surface area contributed by atoms with Crippen molar-refractivity contribution >= 4 is 32.5 Å². The van der Waals surface area contributed by atoms with E-state index < -0.39 is 10.0 Å². The summed E-state index contributed by atoms with van der Waals surface area (Å²) in [5, 5.41) is 0.640. The Labute approximate surface area is 117 Å². The number of benzene rings is 1. The van der Waals surface area contributed by atoms with Crippen LogP contribution < -0.4 is 4.72 Å². The quantitative estimate of drug-likeness (QED) is 0.681. The first-order chi connectivity index (χ1) is 9.06. The Hall–Kier alpha value is -1.17. The van der Waals surface area contributed by atoms with Gasteiger partial charge in [-0.05, 0) is 37.1 Å². The molecule has 19 heavy (non-hydrogen) atoms. The highest BCUT2D eigenvalue weighted by Crippen LogP contribution is 2.23. The van der Waals surface area contributed by atoms with E-state index in [4.69, 9.17) is 11.6 Å². The van der Waals surface area contributed by atoms with Crippen LogP contribution in [0.25, 0.3) is 10.9 Å². The molecule has 1 heterocycles. The van der Waals surface area contributed by atoms with Crippen LogP contribution in [-0.4, -0.2) is 25.8 Å². The van der Waals surface area contributed by atoms with Gasteiger partial charge in [-0.3, -0.25) is 4.98 Å². The van der Waals surface area contributed by atoms with Gasteiger partial charge in [0.2, 0.25) is 10.0 Å². The highest BCUT2D eigenvalue weighted by molar-refractivity contribution is 7.89. The van der Waals surface area contributed by atoms with Gasteiger partial charge >= 0.3 is 0 Å². The Morgan fingerprint density at radius 3 is 2.84 bits per heavy atom. The molecule has 6 heteroatoms. The third kappa shape index (κ3) is 3.05. The van der Waals surface area contributed by atoms with Gasteiger partial charge in [0.1, 0.15) is 0 Å². The van der Waals surface area contributed by atoms with Crippen LogP contribution >= 0.6 is 11.6 Å². The molecule has 0 aliphatic rings. The second-order valence-corrected chi connectivity index (χ2v) is 6.33. The highest BCUT2D eigenvalue weighted by Gasteiger charge is 2.17. The van der Waals surface area contributed by atoms with E-state index >= 15 is 0 Å². The lowest BCUT2D eigenvalue weighted by molar-refractivity contribution is 0.582. The lowest BCUT2D eigenvalue weighted by atomic mass is 10.1. The van der Waals surface area contributed by atoms with Crippen LogP contribution in [0.5, 0.6) is 0 Å².